The lowest BCUT2D eigenvalue weighted by Gasteiger charge is -2.01. The lowest BCUT2D eigenvalue weighted by Crippen LogP contribution is -2.24. The topological polar surface area (TPSA) is 123 Å². The molecule has 0 saturated carbocycles. The van der Waals surface area contributed by atoms with Crippen molar-refractivity contribution in [2.24, 2.45) is 5.73 Å². The zero-order chi connectivity index (χ0) is 13.5. The molecular formula is C11H14N2O5. The molecule has 0 aromatic carbocycles. The van der Waals surface area contributed by atoms with Crippen LogP contribution in [0.2, 0.25) is 0 Å². The van der Waals surface area contributed by atoms with Crippen LogP contribution in [0.5, 0.6) is 0 Å². The van der Waals surface area contributed by atoms with Gasteiger partial charge in [-0.3, -0.25) is 9.59 Å². The summed E-state index contributed by atoms with van der Waals surface area (Å²) in [5, 5.41) is 11.2. The minimum atomic E-state index is -1.23. The fraction of sp³-hybridized carbons (Fsp3) is 0.364. The lowest BCUT2D eigenvalue weighted by molar-refractivity contribution is -0.118. The van der Waals surface area contributed by atoms with E-state index in [4.69, 9.17) is 15.3 Å². The molecule has 4 N–H and O–H groups in total. The van der Waals surface area contributed by atoms with Gasteiger partial charge in [0.25, 0.3) is 5.91 Å². The number of nitrogens with two attached hydrogens (primary N) is 1. The highest BCUT2D eigenvalue weighted by atomic mass is 16.4. The predicted octanol–water partition coefficient (Wildman–Crippen LogP) is 0.363. The number of hydrogen-bond donors (Lipinski definition) is 3. The van der Waals surface area contributed by atoms with E-state index in [1.165, 1.54) is 12.1 Å². The third-order valence-corrected chi connectivity index (χ3v) is 2.18. The Kier molecular flexibility index (Phi) is 4.91. The van der Waals surface area contributed by atoms with Gasteiger partial charge in [-0.25, -0.2) is 4.79 Å². The van der Waals surface area contributed by atoms with Crippen molar-refractivity contribution in [3.05, 3.63) is 23.7 Å². The van der Waals surface area contributed by atoms with Crippen molar-refractivity contribution < 1.29 is 23.9 Å². The average molecular weight is 254 g/mol. The minimum Gasteiger partial charge on any atom is -0.475 e. The van der Waals surface area contributed by atoms with Gasteiger partial charge < -0.3 is 20.6 Å². The van der Waals surface area contributed by atoms with E-state index in [0.29, 0.717) is 19.4 Å². The molecule has 0 aliphatic heterocycles. The molecule has 18 heavy (non-hydrogen) atoms. The molecule has 98 valence electrons. The summed E-state index contributed by atoms with van der Waals surface area (Å²) in [6.07, 6.45) is 1.48. The number of carboxylic acids is 1. The smallest absolute Gasteiger partial charge is 0.371 e. The molecule has 0 unspecified atom stereocenters. The van der Waals surface area contributed by atoms with Crippen LogP contribution in [0.15, 0.2) is 16.5 Å². The van der Waals surface area contributed by atoms with Crippen LogP contribution in [0.25, 0.3) is 0 Å². The van der Waals surface area contributed by atoms with Crippen molar-refractivity contribution in [3.63, 3.8) is 0 Å². The summed E-state index contributed by atoms with van der Waals surface area (Å²) < 4.78 is 4.82. The number of primary amides is 1. The van der Waals surface area contributed by atoms with Gasteiger partial charge in [-0.1, -0.05) is 0 Å². The van der Waals surface area contributed by atoms with Crippen molar-refractivity contribution in [3.8, 4) is 0 Å². The molecule has 0 atom stereocenters. The number of furan rings is 1. The number of unbranched alkanes of at least 4 members (excludes halogenated alkanes) is 1. The maximum Gasteiger partial charge on any atom is 0.371 e. The molecule has 7 heteroatoms. The first-order valence-electron chi connectivity index (χ1n) is 5.40. The second-order valence-corrected chi connectivity index (χ2v) is 3.65. The quantitative estimate of drug-likeness (QED) is 0.606. The summed E-state index contributed by atoms with van der Waals surface area (Å²) in [6.45, 7) is 0.370. The molecular weight excluding hydrogens is 240 g/mol. The number of rotatable bonds is 7. The van der Waals surface area contributed by atoms with Gasteiger partial charge in [-0.15, -0.1) is 0 Å². The van der Waals surface area contributed by atoms with E-state index < -0.39 is 11.9 Å². The Morgan fingerprint density at radius 2 is 1.89 bits per heavy atom. The average Bonchev–Trinajstić information content (AvgIpc) is 2.77. The van der Waals surface area contributed by atoms with Crippen molar-refractivity contribution in [2.45, 2.75) is 19.3 Å². The third kappa shape index (κ3) is 4.28. The second kappa shape index (κ2) is 6.43. The van der Waals surface area contributed by atoms with E-state index in [2.05, 4.69) is 5.32 Å². The highest BCUT2D eigenvalue weighted by Gasteiger charge is 2.14. The maximum atomic E-state index is 11.5. The number of carboxylic acid groups (broad SMARTS) is 1. The fourth-order valence-corrected chi connectivity index (χ4v) is 1.29. The van der Waals surface area contributed by atoms with Crippen molar-refractivity contribution in [2.75, 3.05) is 6.54 Å². The molecule has 1 aromatic heterocycles. The normalized spacial score (nSPS) is 10.0. The molecule has 1 heterocycles. The molecule has 7 nitrogen and oxygen atoms in total. The summed E-state index contributed by atoms with van der Waals surface area (Å²) in [7, 11) is 0. The lowest BCUT2D eigenvalue weighted by atomic mass is 10.2. The van der Waals surface area contributed by atoms with Gasteiger partial charge in [-0.2, -0.15) is 0 Å². The molecule has 2 amide bonds. The number of hydrogen-bond acceptors (Lipinski definition) is 4. The SMILES string of the molecule is NC(=O)CCCCNC(=O)c1ccc(C(=O)O)o1. The van der Waals surface area contributed by atoms with E-state index in [-0.39, 0.29) is 23.8 Å². The Morgan fingerprint density at radius 1 is 1.22 bits per heavy atom. The number of aromatic carboxylic acids is 1. The van der Waals surface area contributed by atoms with Gasteiger partial charge in [0.2, 0.25) is 11.7 Å². The fourth-order valence-electron chi connectivity index (χ4n) is 1.29. The first-order valence-corrected chi connectivity index (χ1v) is 5.40. The van der Waals surface area contributed by atoms with Gasteiger partial charge in [-0.05, 0) is 25.0 Å². The van der Waals surface area contributed by atoms with Gasteiger partial charge in [0.05, 0.1) is 0 Å². The zero-order valence-corrected chi connectivity index (χ0v) is 9.64. The van der Waals surface area contributed by atoms with E-state index >= 15 is 0 Å². The second-order valence-electron chi connectivity index (χ2n) is 3.65. The Morgan fingerprint density at radius 3 is 2.44 bits per heavy atom. The predicted molar refractivity (Wildman–Crippen MR) is 61.0 cm³/mol. The molecule has 0 aliphatic rings. The molecule has 0 saturated heterocycles. The van der Waals surface area contributed by atoms with E-state index in [1.807, 2.05) is 0 Å². The van der Waals surface area contributed by atoms with Gasteiger partial charge in [0.1, 0.15) is 0 Å². The standard InChI is InChI=1S/C11H14N2O5/c12-9(14)3-1-2-6-13-10(15)7-4-5-8(18-7)11(16)17/h4-5H,1-3,6H2,(H2,12,14)(H,13,15)(H,16,17). The van der Waals surface area contributed by atoms with Crippen LogP contribution in [0.4, 0.5) is 0 Å². The monoisotopic (exact) mass is 254 g/mol. The van der Waals surface area contributed by atoms with Crippen LogP contribution in [0.3, 0.4) is 0 Å². The van der Waals surface area contributed by atoms with Crippen molar-refractivity contribution in [1.29, 1.82) is 0 Å². The van der Waals surface area contributed by atoms with Gasteiger partial charge >= 0.3 is 5.97 Å². The third-order valence-electron chi connectivity index (χ3n) is 2.18. The largest absolute Gasteiger partial charge is 0.475 e. The van der Waals surface area contributed by atoms with Crippen molar-refractivity contribution in [1.82, 2.24) is 5.32 Å². The summed E-state index contributed by atoms with van der Waals surface area (Å²) in [5.41, 5.74) is 4.96. The molecule has 0 aliphatic carbocycles. The molecule has 1 rings (SSSR count). The van der Waals surface area contributed by atoms with Gasteiger partial charge in [0.15, 0.2) is 5.76 Å². The van der Waals surface area contributed by atoms with E-state index in [1.54, 1.807) is 0 Å². The van der Waals surface area contributed by atoms with Crippen LogP contribution < -0.4 is 11.1 Å². The first-order chi connectivity index (χ1) is 8.50. The summed E-state index contributed by atoms with van der Waals surface area (Å²) in [6, 6.07) is 2.51. The summed E-state index contributed by atoms with van der Waals surface area (Å²) in [4.78, 5) is 32.5. The molecule has 0 bridgehead atoms. The first kappa shape index (κ1) is 13.8. The highest BCUT2D eigenvalue weighted by Crippen LogP contribution is 2.07. The van der Waals surface area contributed by atoms with E-state index in [9.17, 15) is 14.4 Å². The van der Waals surface area contributed by atoms with Crippen LogP contribution >= 0.6 is 0 Å². The van der Waals surface area contributed by atoms with Crippen LogP contribution in [-0.2, 0) is 4.79 Å². The molecule has 1 aromatic rings. The van der Waals surface area contributed by atoms with Crippen LogP contribution in [0, 0.1) is 0 Å². The maximum absolute atomic E-state index is 11.5. The van der Waals surface area contributed by atoms with Crippen molar-refractivity contribution >= 4 is 17.8 Å². The Balaban J connectivity index is 2.32. The Bertz CT molecular complexity index is 452. The van der Waals surface area contributed by atoms with Gasteiger partial charge in [0, 0.05) is 13.0 Å². The number of nitrogens with one attached hydrogen (secondary N) is 1. The summed E-state index contributed by atoms with van der Waals surface area (Å²) in [5.74, 6) is -2.42. The molecule has 0 spiro atoms. The molecule has 0 radical (unpaired) electrons. The Hall–Kier alpha value is -2.31. The van der Waals surface area contributed by atoms with Crippen LogP contribution in [-0.4, -0.2) is 29.4 Å². The van der Waals surface area contributed by atoms with Crippen LogP contribution in [0.1, 0.15) is 40.4 Å². The van der Waals surface area contributed by atoms with E-state index in [0.717, 1.165) is 0 Å². The number of carbonyl (C=O) groups excluding carboxylic acids is 2. The zero-order valence-electron chi connectivity index (χ0n) is 9.64. The number of carbonyl (C=O) groups is 3. The number of amides is 2. The molecule has 0 fully saturated rings. The Labute approximate surface area is 103 Å². The highest BCUT2D eigenvalue weighted by molar-refractivity contribution is 5.93. The minimum absolute atomic E-state index is 0.0534. The summed E-state index contributed by atoms with van der Waals surface area (Å²) >= 11 is 0.